The molecule has 18 heavy (non-hydrogen) atoms. The van der Waals surface area contributed by atoms with Crippen LogP contribution in [0.15, 0.2) is 29.2 Å². The third kappa shape index (κ3) is 2.30. The Bertz CT molecular complexity index is 539. The number of aromatic nitrogens is 2. The van der Waals surface area contributed by atoms with Crippen molar-refractivity contribution in [3.05, 3.63) is 39.8 Å². The van der Waals surface area contributed by atoms with Crippen molar-refractivity contribution in [3.63, 3.8) is 0 Å². The number of benzene rings is 1. The van der Waals surface area contributed by atoms with Gasteiger partial charge in [0.05, 0.1) is 0 Å². The van der Waals surface area contributed by atoms with E-state index < -0.39 is 0 Å². The van der Waals surface area contributed by atoms with E-state index in [1.54, 1.807) is 11.3 Å². The highest BCUT2D eigenvalue weighted by Crippen LogP contribution is 2.43. The first-order valence-electron chi connectivity index (χ1n) is 6.13. The van der Waals surface area contributed by atoms with E-state index in [0.29, 0.717) is 5.92 Å². The molecule has 0 saturated carbocycles. The van der Waals surface area contributed by atoms with Crippen LogP contribution < -0.4 is 5.32 Å². The highest BCUT2D eigenvalue weighted by atomic mass is 32.2. The summed E-state index contributed by atoms with van der Waals surface area (Å²) in [5.74, 6) is 1.52. The van der Waals surface area contributed by atoms with Gasteiger partial charge in [-0.05, 0) is 18.2 Å². The van der Waals surface area contributed by atoms with Gasteiger partial charge in [-0.3, -0.25) is 0 Å². The Labute approximate surface area is 115 Å². The first kappa shape index (κ1) is 12.1. The van der Waals surface area contributed by atoms with Crippen LogP contribution in [0.25, 0.3) is 0 Å². The van der Waals surface area contributed by atoms with Gasteiger partial charge in [0.1, 0.15) is 10.0 Å². The Kier molecular flexibility index (Phi) is 3.63. The first-order chi connectivity index (χ1) is 8.88. The van der Waals surface area contributed by atoms with Crippen LogP contribution in [-0.4, -0.2) is 22.5 Å². The zero-order chi connectivity index (χ0) is 12.4. The minimum absolute atomic E-state index is 0.430. The van der Waals surface area contributed by atoms with Crippen LogP contribution >= 0.6 is 23.1 Å². The lowest BCUT2D eigenvalue weighted by molar-refractivity contribution is 0.713. The molecule has 0 aliphatic carbocycles. The molecule has 94 valence electrons. The van der Waals surface area contributed by atoms with Gasteiger partial charge in [-0.25, -0.2) is 0 Å². The summed E-state index contributed by atoms with van der Waals surface area (Å²) in [7, 11) is 0. The average Bonchev–Trinajstić information content (AvgIpc) is 3.02. The van der Waals surface area contributed by atoms with Gasteiger partial charge < -0.3 is 5.32 Å². The van der Waals surface area contributed by atoms with Gasteiger partial charge in [0.15, 0.2) is 0 Å². The molecule has 0 amide bonds. The van der Waals surface area contributed by atoms with Crippen LogP contribution in [0.3, 0.4) is 0 Å². The maximum absolute atomic E-state index is 4.37. The molecule has 1 aromatic heterocycles. The molecule has 3 nitrogen and oxygen atoms in total. The van der Waals surface area contributed by atoms with E-state index in [1.807, 2.05) is 11.8 Å². The van der Waals surface area contributed by atoms with E-state index in [0.717, 1.165) is 28.9 Å². The predicted octanol–water partition coefficient (Wildman–Crippen LogP) is 2.89. The van der Waals surface area contributed by atoms with E-state index in [4.69, 9.17) is 0 Å². The Morgan fingerprint density at radius 2 is 2.22 bits per heavy atom. The van der Waals surface area contributed by atoms with Crippen LogP contribution in [-0.2, 0) is 6.54 Å². The second kappa shape index (κ2) is 5.38. The predicted molar refractivity (Wildman–Crippen MR) is 76.3 cm³/mol. The fourth-order valence-corrected chi connectivity index (χ4v) is 4.35. The molecule has 3 rings (SSSR count). The quantitative estimate of drug-likeness (QED) is 0.932. The fraction of sp³-hybridized carbons (Fsp3) is 0.385. The monoisotopic (exact) mass is 277 g/mol. The van der Waals surface area contributed by atoms with Crippen molar-refractivity contribution in [2.75, 3.05) is 12.3 Å². The lowest BCUT2D eigenvalue weighted by atomic mass is 10.0. The molecule has 1 aliphatic heterocycles. The van der Waals surface area contributed by atoms with Crippen molar-refractivity contribution in [3.8, 4) is 0 Å². The summed E-state index contributed by atoms with van der Waals surface area (Å²) in [6.45, 7) is 3.90. The van der Waals surface area contributed by atoms with Crippen molar-refractivity contribution in [2.45, 2.75) is 24.3 Å². The third-order valence-electron chi connectivity index (χ3n) is 3.01. The maximum Gasteiger partial charge on any atom is 0.131 e. The fourth-order valence-electron chi connectivity index (χ4n) is 2.08. The number of hydrogen-bond acceptors (Lipinski definition) is 5. The average molecular weight is 277 g/mol. The standard InChI is InChI=1S/C13H15N3S2/c1-2-14-7-12-15-16-13(18-12)10-8-17-11-6-4-3-5-9(10)11/h3-6,10,14H,2,7-8H2,1H3. The number of rotatable bonds is 4. The Morgan fingerprint density at radius 1 is 1.33 bits per heavy atom. The van der Waals surface area contributed by atoms with Gasteiger partial charge in [-0.1, -0.05) is 36.5 Å². The number of fused-ring (bicyclic) bond motifs is 1. The molecule has 5 heteroatoms. The lowest BCUT2D eigenvalue weighted by Crippen LogP contribution is -2.11. The normalized spacial score (nSPS) is 17.9. The van der Waals surface area contributed by atoms with Gasteiger partial charge in [0.2, 0.25) is 0 Å². The van der Waals surface area contributed by atoms with Crippen molar-refractivity contribution in [2.24, 2.45) is 0 Å². The van der Waals surface area contributed by atoms with Gasteiger partial charge in [0, 0.05) is 23.1 Å². The van der Waals surface area contributed by atoms with Crippen LogP contribution in [0.5, 0.6) is 0 Å². The molecule has 0 bridgehead atoms. The summed E-state index contributed by atoms with van der Waals surface area (Å²) in [5, 5.41) is 14.2. The Balaban J connectivity index is 1.82. The van der Waals surface area contributed by atoms with E-state index in [-0.39, 0.29) is 0 Å². The van der Waals surface area contributed by atoms with Gasteiger partial charge >= 0.3 is 0 Å². The highest BCUT2D eigenvalue weighted by molar-refractivity contribution is 7.99. The number of thioether (sulfide) groups is 1. The summed E-state index contributed by atoms with van der Waals surface area (Å²) in [6.07, 6.45) is 0. The maximum atomic E-state index is 4.37. The molecule has 0 saturated heterocycles. The van der Waals surface area contributed by atoms with Gasteiger partial charge in [0.25, 0.3) is 0 Å². The topological polar surface area (TPSA) is 37.8 Å². The minimum atomic E-state index is 0.430. The van der Waals surface area contributed by atoms with Crippen LogP contribution in [0.2, 0.25) is 0 Å². The van der Waals surface area contributed by atoms with Crippen LogP contribution in [0.4, 0.5) is 0 Å². The van der Waals surface area contributed by atoms with Gasteiger partial charge in [-0.15, -0.1) is 22.0 Å². The van der Waals surface area contributed by atoms with E-state index >= 15 is 0 Å². The zero-order valence-electron chi connectivity index (χ0n) is 10.2. The van der Waals surface area contributed by atoms with Crippen LogP contribution in [0.1, 0.15) is 28.4 Å². The van der Waals surface area contributed by atoms with Crippen molar-refractivity contribution in [1.29, 1.82) is 0 Å². The van der Waals surface area contributed by atoms with Crippen molar-refractivity contribution >= 4 is 23.1 Å². The zero-order valence-corrected chi connectivity index (χ0v) is 11.9. The summed E-state index contributed by atoms with van der Waals surface area (Å²) in [6, 6.07) is 8.62. The highest BCUT2D eigenvalue weighted by Gasteiger charge is 2.27. The molecule has 0 spiro atoms. The molecule has 1 aromatic carbocycles. The SMILES string of the molecule is CCNCc1nnc(C2CSc3ccccc32)s1. The molecule has 0 fully saturated rings. The van der Waals surface area contributed by atoms with Crippen LogP contribution in [0, 0.1) is 0 Å². The van der Waals surface area contributed by atoms with Gasteiger partial charge in [-0.2, -0.15) is 0 Å². The number of nitrogens with zero attached hydrogens (tertiary/aromatic N) is 2. The molecule has 1 aliphatic rings. The van der Waals surface area contributed by atoms with E-state index in [1.165, 1.54) is 10.5 Å². The lowest BCUT2D eigenvalue weighted by Gasteiger charge is -2.05. The molecular formula is C13H15N3S2. The second-order valence-corrected chi connectivity index (χ2v) is 6.37. The number of hydrogen-bond donors (Lipinski definition) is 1. The Morgan fingerprint density at radius 3 is 3.11 bits per heavy atom. The molecule has 2 aromatic rings. The molecular weight excluding hydrogens is 262 g/mol. The first-order valence-corrected chi connectivity index (χ1v) is 7.93. The second-order valence-electron chi connectivity index (χ2n) is 4.22. The molecule has 1 N–H and O–H groups in total. The smallest absolute Gasteiger partial charge is 0.131 e. The summed E-state index contributed by atoms with van der Waals surface area (Å²) in [4.78, 5) is 1.39. The van der Waals surface area contributed by atoms with Crippen molar-refractivity contribution < 1.29 is 0 Å². The van der Waals surface area contributed by atoms with E-state index in [2.05, 4.69) is 46.7 Å². The van der Waals surface area contributed by atoms with Crippen molar-refractivity contribution in [1.82, 2.24) is 15.5 Å². The summed E-state index contributed by atoms with van der Waals surface area (Å²) >= 11 is 3.66. The van der Waals surface area contributed by atoms with E-state index in [9.17, 15) is 0 Å². The largest absolute Gasteiger partial charge is 0.311 e. The molecule has 1 atom stereocenters. The summed E-state index contributed by atoms with van der Waals surface area (Å²) in [5.41, 5.74) is 1.41. The molecule has 1 unspecified atom stereocenters. The minimum Gasteiger partial charge on any atom is -0.311 e. The molecule has 2 heterocycles. The number of nitrogens with one attached hydrogen (secondary N) is 1. The summed E-state index contributed by atoms with van der Waals surface area (Å²) < 4.78 is 0. The third-order valence-corrected chi connectivity index (χ3v) is 5.23. The Hall–Kier alpha value is -0.910. The molecule has 0 radical (unpaired) electrons.